The largest absolute Gasteiger partial charge is 0.457 e. The summed E-state index contributed by atoms with van der Waals surface area (Å²) in [5, 5.41) is 9.24. The van der Waals surface area contributed by atoms with Crippen LogP contribution in [-0.4, -0.2) is 15.7 Å². The minimum atomic E-state index is -0.207. The number of ether oxygens (including phenoxy) is 1. The van der Waals surface area contributed by atoms with Crippen molar-refractivity contribution >= 4 is 23.1 Å². The van der Waals surface area contributed by atoms with E-state index in [9.17, 15) is 4.79 Å². The first-order valence-electron chi connectivity index (χ1n) is 8.46. The second-order valence-electron chi connectivity index (χ2n) is 5.85. The summed E-state index contributed by atoms with van der Waals surface area (Å²) >= 11 is 1.66. The molecule has 0 spiro atoms. The minimum Gasteiger partial charge on any atom is -0.457 e. The van der Waals surface area contributed by atoms with E-state index in [1.54, 1.807) is 46.5 Å². The number of nitrogens with zero attached hydrogens (tertiary/aromatic N) is 2. The van der Waals surface area contributed by atoms with Crippen molar-refractivity contribution in [2.75, 3.05) is 5.32 Å². The molecule has 134 valence electrons. The van der Waals surface area contributed by atoms with Gasteiger partial charge in [-0.15, -0.1) is 11.3 Å². The number of hydrogen-bond acceptors (Lipinski definition) is 4. The molecule has 0 aliphatic rings. The maximum atomic E-state index is 12.7. The predicted octanol–water partition coefficient (Wildman–Crippen LogP) is 5.04. The highest BCUT2D eigenvalue weighted by atomic mass is 32.1. The highest BCUT2D eigenvalue weighted by Gasteiger charge is 2.11. The number of benzene rings is 2. The molecule has 1 amide bonds. The molecular formula is C21H17N3O2S. The average Bonchev–Trinajstić information content (AvgIpc) is 3.36. The van der Waals surface area contributed by atoms with E-state index < -0.39 is 0 Å². The van der Waals surface area contributed by atoms with Crippen LogP contribution in [0.2, 0.25) is 0 Å². The lowest BCUT2D eigenvalue weighted by atomic mass is 10.2. The fraction of sp³-hybridized carbons (Fsp3) is 0.0476. The van der Waals surface area contributed by atoms with Crippen LogP contribution in [0, 0.1) is 0 Å². The SMILES string of the molecule is O=C(Nc1ccnn1Cc1cccs1)c1cccc(Oc2ccccc2)c1. The maximum absolute atomic E-state index is 12.7. The lowest BCUT2D eigenvalue weighted by Crippen LogP contribution is -2.16. The zero-order valence-electron chi connectivity index (χ0n) is 14.4. The molecule has 0 aliphatic carbocycles. The van der Waals surface area contributed by atoms with Crippen molar-refractivity contribution in [3.8, 4) is 11.5 Å². The van der Waals surface area contributed by atoms with E-state index in [0.29, 0.717) is 23.7 Å². The van der Waals surface area contributed by atoms with Gasteiger partial charge in [-0.25, -0.2) is 4.68 Å². The van der Waals surface area contributed by atoms with Gasteiger partial charge in [0.05, 0.1) is 12.7 Å². The Morgan fingerprint density at radius 2 is 1.85 bits per heavy atom. The van der Waals surface area contributed by atoms with Crippen LogP contribution in [0.5, 0.6) is 11.5 Å². The van der Waals surface area contributed by atoms with Crippen molar-refractivity contribution in [1.29, 1.82) is 0 Å². The lowest BCUT2D eigenvalue weighted by molar-refractivity contribution is 0.102. The van der Waals surface area contributed by atoms with E-state index in [1.165, 1.54) is 4.88 Å². The molecule has 0 aliphatic heterocycles. The van der Waals surface area contributed by atoms with E-state index in [1.807, 2.05) is 53.9 Å². The molecule has 0 unspecified atom stereocenters. The molecule has 2 aromatic carbocycles. The van der Waals surface area contributed by atoms with Crippen LogP contribution in [0.4, 0.5) is 5.82 Å². The molecule has 0 atom stereocenters. The molecule has 0 saturated carbocycles. The molecular weight excluding hydrogens is 358 g/mol. The molecule has 4 aromatic rings. The second-order valence-corrected chi connectivity index (χ2v) is 6.88. The molecule has 0 fully saturated rings. The van der Waals surface area contributed by atoms with E-state index in [-0.39, 0.29) is 5.91 Å². The number of carbonyl (C=O) groups excluding carboxylic acids is 1. The van der Waals surface area contributed by atoms with Gasteiger partial charge >= 0.3 is 0 Å². The number of amides is 1. The number of aromatic nitrogens is 2. The summed E-state index contributed by atoms with van der Waals surface area (Å²) in [6.45, 7) is 0.622. The Labute approximate surface area is 160 Å². The fourth-order valence-electron chi connectivity index (χ4n) is 2.63. The number of anilines is 1. The molecule has 27 heavy (non-hydrogen) atoms. The highest BCUT2D eigenvalue weighted by Crippen LogP contribution is 2.22. The Kier molecular flexibility index (Phi) is 4.98. The minimum absolute atomic E-state index is 0.207. The number of carbonyl (C=O) groups is 1. The van der Waals surface area contributed by atoms with Crippen LogP contribution in [0.3, 0.4) is 0 Å². The van der Waals surface area contributed by atoms with Gasteiger partial charge in [0.15, 0.2) is 0 Å². The normalized spacial score (nSPS) is 10.5. The molecule has 0 radical (unpaired) electrons. The first-order valence-corrected chi connectivity index (χ1v) is 9.34. The van der Waals surface area contributed by atoms with Gasteiger partial charge < -0.3 is 10.1 Å². The maximum Gasteiger partial charge on any atom is 0.256 e. The molecule has 2 aromatic heterocycles. The van der Waals surface area contributed by atoms with Gasteiger partial charge in [-0.3, -0.25) is 4.79 Å². The Hall–Kier alpha value is -3.38. The second kappa shape index (κ2) is 7.88. The molecule has 5 nitrogen and oxygen atoms in total. The summed E-state index contributed by atoms with van der Waals surface area (Å²) in [6, 6.07) is 22.4. The van der Waals surface area contributed by atoms with Crippen molar-refractivity contribution in [2.45, 2.75) is 6.54 Å². The van der Waals surface area contributed by atoms with Gasteiger partial charge in [-0.05, 0) is 41.8 Å². The summed E-state index contributed by atoms with van der Waals surface area (Å²) in [4.78, 5) is 13.8. The van der Waals surface area contributed by atoms with Gasteiger partial charge in [-0.2, -0.15) is 5.10 Å². The zero-order chi connectivity index (χ0) is 18.5. The average molecular weight is 375 g/mol. The quantitative estimate of drug-likeness (QED) is 0.514. The smallest absolute Gasteiger partial charge is 0.256 e. The van der Waals surface area contributed by atoms with Crippen molar-refractivity contribution in [2.24, 2.45) is 0 Å². The Morgan fingerprint density at radius 3 is 2.67 bits per heavy atom. The van der Waals surface area contributed by atoms with Crippen LogP contribution in [0.25, 0.3) is 0 Å². The van der Waals surface area contributed by atoms with Crippen molar-refractivity contribution < 1.29 is 9.53 Å². The Bertz CT molecular complexity index is 1030. The standard InChI is InChI=1S/C21H17N3O2S/c25-21(23-20-11-12-22-24(20)15-19-10-5-13-27-19)16-6-4-9-18(14-16)26-17-7-2-1-3-8-17/h1-14H,15H2,(H,23,25). The summed E-state index contributed by atoms with van der Waals surface area (Å²) < 4.78 is 7.57. The highest BCUT2D eigenvalue weighted by molar-refractivity contribution is 7.09. The number of thiophene rings is 1. The predicted molar refractivity (Wildman–Crippen MR) is 107 cm³/mol. The van der Waals surface area contributed by atoms with Crippen LogP contribution >= 0.6 is 11.3 Å². The molecule has 4 rings (SSSR count). The number of rotatable bonds is 6. The van der Waals surface area contributed by atoms with Crippen molar-refractivity contribution in [1.82, 2.24) is 9.78 Å². The van der Waals surface area contributed by atoms with Gasteiger partial charge in [0.2, 0.25) is 0 Å². The molecule has 2 heterocycles. The lowest BCUT2D eigenvalue weighted by Gasteiger charge is -2.10. The van der Waals surface area contributed by atoms with E-state index in [4.69, 9.17) is 4.74 Å². The Balaban J connectivity index is 1.48. The van der Waals surface area contributed by atoms with Crippen LogP contribution in [-0.2, 0) is 6.54 Å². The van der Waals surface area contributed by atoms with Crippen molar-refractivity contribution in [3.63, 3.8) is 0 Å². The number of para-hydroxylation sites is 1. The summed E-state index contributed by atoms with van der Waals surface area (Å²) in [5.41, 5.74) is 0.521. The summed E-state index contributed by atoms with van der Waals surface area (Å²) in [7, 11) is 0. The van der Waals surface area contributed by atoms with E-state index in [2.05, 4.69) is 10.4 Å². The molecule has 0 saturated heterocycles. The van der Waals surface area contributed by atoms with Gasteiger partial charge in [-0.1, -0.05) is 30.3 Å². The van der Waals surface area contributed by atoms with Gasteiger partial charge in [0.1, 0.15) is 17.3 Å². The van der Waals surface area contributed by atoms with Crippen molar-refractivity contribution in [3.05, 3.63) is 94.8 Å². The van der Waals surface area contributed by atoms with Gasteiger partial charge in [0, 0.05) is 16.5 Å². The summed E-state index contributed by atoms with van der Waals surface area (Å²) in [6.07, 6.45) is 1.68. The van der Waals surface area contributed by atoms with Gasteiger partial charge in [0.25, 0.3) is 5.91 Å². The van der Waals surface area contributed by atoms with Crippen LogP contribution < -0.4 is 10.1 Å². The molecule has 0 bridgehead atoms. The zero-order valence-corrected chi connectivity index (χ0v) is 15.2. The van der Waals surface area contributed by atoms with Crippen LogP contribution in [0.1, 0.15) is 15.2 Å². The third-order valence-electron chi connectivity index (χ3n) is 3.92. The van der Waals surface area contributed by atoms with Crippen LogP contribution in [0.15, 0.2) is 84.4 Å². The summed E-state index contributed by atoms with van der Waals surface area (Å²) in [5.74, 6) is 1.79. The third-order valence-corrected chi connectivity index (χ3v) is 4.78. The number of nitrogens with one attached hydrogen (secondary N) is 1. The van der Waals surface area contributed by atoms with E-state index >= 15 is 0 Å². The van der Waals surface area contributed by atoms with E-state index in [0.717, 1.165) is 5.75 Å². The Morgan fingerprint density at radius 1 is 1.00 bits per heavy atom. The number of hydrogen-bond donors (Lipinski definition) is 1. The first-order chi connectivity index (χ1) is 13.3. The fourth-order valence-corrected chi connectivity index (χ4v) is 3.31. The first kappa shape index (κ1) is 17.1. The molecule has 1 N–H and O–H groups in total. The third kappa shape index (κ3) is 4.24. The monoisotopic (exact) mass is 375 g/mol. The molecule has 6 heteroatoms. The topological polar surface area (TPSA) is 56.2 Å².